The summed E-state index contributed by atoms with van der Waals surface area (Å²) in [5.41, 5.74) is 3.38. The standard InChI is InChI=1S/C22H21NO2/c24-22(25)11-3-1-2-10-21(20-9-6-14-23-16-20)19-13-12-17-7-4-5-8-18(17)15-19/h4-10,12-16H,1-3,11H2,(H,24,25). The molecular weight excluding hydrogens is 310 g/mol. The zero-order valence-electron chi connectivity index (χ0n) is 14.1. The summed E-state index contributed by atoms with van der Waals surface area (Å²) in [7, 11) is 0. The molecule has 0 aliphatic carbocycles. The van der Waals surface area contributed by atoms with E-state index in [1.54, 1.807) is 6.20 Å². The number of allylic oxidation sites excluding steroid dienone is 1. The van der Waals surface area contributed by atoms with E-state index in [9.17, 15) is 4.79 Å². The van der Waals surface area contributed by atoms with Gasteiger partial charge < -0.3 is 5.11 Å². The molecule has 0 atom stereocenters. The number of carboxylic acids is 1. The van der Waals surface area contributed by atoms with Crippen LogP contribution in [0.1, 0.15) is 36.8 Å². The van der Waals surface area contributed by atoms with Crippen molar-refractivity contribution in [2.45, 2.75) is 25.7 Å². The van der Waals surface area contributed by atoms with Gasteiger partial charge in [-0.05, 0) is 53.3 Å². The second kappa shape index (κ2) is 8.25. The van der Waals surface area contributed by atoms with Gasteiger partial charge in [-0.15, -0.1) is 0 Å². The quantitative estimate of drug-likeness (QED) is 0.597. The van der Waals surface area contributed by atoms with E-state index in [4.69, 9.17) is 5.11 Å². The normalized spacial score (nSPS) is 11.6. The van der Waals surface area contributed by atoms with Crippen molar-refractivity contribution < 1.29 is 9.90 Å². The maximum absolute atomic E-state index is 10.6. The lowest BCUT2D eigenvalue weighted by Gasteiger charge is -2.10. The second-order valence-corrected chi connectivity index (χ2v) is 6.06. The van der Waals surface area contributed by atoms with Gasteiger partial charge in [-0.1, -0.05) is 48.5 Å². The third-order valence-electron chi connectivity index (χ3n) is 4.23. The van der Waals surface area contributed by atoms with Crippen LogP contribution in [-0.4, -0.2) is 16.1 Å². The molecule has 25 heavy (non-hydrogen) atoms. The number of fused-ring (bicyclic) bond motifs is 1. The molecule has 3 aromatic rings. The molecule has 0 saturated carbocycles. The van der Waals surface area contributed by atoms with Gasteiger partial charge in [0.1, 0.15) is 0 Å². The van der Waals surface area contributed by atoms with Gasteiger partial charge in [0.25, 0.3) is 0 Å². The van der Waals surface area contributed by atoms with Crippen molar-refractivity contribution in [3.05, 3.63) is 84.2 Å². The van der Waals surface area contributed by atoms with Gasteiger partial charge in [-0.2, -0.15) is 0 Å². The molecule has 3 nitrogen and oxygen atoms in total. The lowest BCUT2D eigenvalue weighted by molar-refractivity contribution is -0.137. The summed E-state index contributed by atoms with van der Waals surface area (Å²) in [5.74, 6) is -0.731. The number of carboxylic acid groups (broad SMARTS) is 1. The minimum absolute atomic E-state index is 0.228. The number of hydrogen-bond acceptors (Lipinski definition) is 2. The van der Waals surface area contributed by atoms with Gasteiger partial charge in [0, 0.05) is 24.4 Å². The number of benzene rings is 2. The number of rotatable bonds is 7. The van der Waals surface area contributed by atoms with Crippen LogP contribution < -0.4 is 0 Å². The lowest BCUT2D eigenvalue weighted by atomic mass is 9.95. The second-order valence-electron chi connectivity index (χ2n) is 6.06. The summed E-state index contributed by atoms with van der Waals surface area (Å²) < 4.78 is 0. The van der Waals surface area contributed by atoms with Crippen LogP contribution in [0.4, 0.5) is 0 Å². The highest BCUT2D eigenvalue weighted by Gasteiger charge is 2.06. The first-order valence-electron chi connectivity index (χ1n) is 8.55. The van der Waals surface area contributed by atoms with Crippen LogP contribution in [0.25, 0.3) is 16.3 Å². The molecule has 0 saturated heterocycles. The molecule has 0 unspecified atom stereocenters. The van der Waals surface area contributed by atoms with E-state index in [1.807, 2.05) is 24.4 Å². The highest BCUT2D eigenvalue weighted by Crippen LogP contribution is 2.27. The van der Waals surface area contributed by atoms with Crippen LogP contribution in [0.15, 0.2) is 73.1 Å². The van der Waals surface area contributed by atoms with Crippen molar-refractivity contribution in [2.75, 3.05) is 0 Å². The van der Waals surface area contributed by atoms with Crippen molar-refractivity contribution in [3.63, 3.8) is 0 Å². The number of unbranched alkanes of at least 4 members (excludes halogenated alkanes) is 2. The zero-order chi connectivity index (χ0) is 17.5. The Labute approximate surface area is 147 Å². The zero-order valence-corrected chi connectivity index (χ0v) is 14.1. The minimum Gasteiger partial charge on any atom is -0.481 e. The Balaban J connectivity index is 1.88. The Morgan fingerprint density at radius 2 is 1.80 bits per heavy atom. The van der Waals surface area contributed by atoms with Crippen molar-refractivity contribution in [3.8, 4) is 0 Å². The molecule has 3 rings (SSSR count). The smallest absolute Gasteiger partial charge is 0.303 e. The summed E-state index contributed by atoms with van der Waals surface area (Å²) in [5, 5.41) is 11.2. The maximum Gasteiger partial charge on any atom is 0.303 e. The van der Waals surface area contributed by atoms with E-state index in [-0.39, 0.29) is 6.42 Å². The summed E-state index contributed by atoms with van der Waals surface area (Å²) in [4.78, 5) is 14.9. The molecule has 0 radical (unpaired) electrons. The summed E-state index contributed by atoms with van der Waals surface area (Å²) in [6.07, 6.45) is 8.49. The fourth-order valence-corrected chi connectivity index (χ4v) is 2.95. The number of aliphatic carboxylic acids is 1. The summed E-state index contributed by atoms with van der Waals surface area (Å²) >= 11 is 0. The third kappa shape index (κ3) is 4.54. The Morgan fingerprint density at radius 1 is 0.960 bits per heavy atom. The minimum atomic E-state index is -0.731. The van der Waals surface area contributed by atoms with E-state index < -0.39 is 5.97 Å². The first-order chi connectivity index (χ1) is 12.2. The number of pyridine rings is 1. The van der Waals surface area contributed by atoms with Crippen molar-refractivity contribution in [2.24, 2.45) is 0 Å². The van der Waals surface area contributed by atoms with E-state index in [0.717, 1.165) is 29.5 Å². The fraction of sp³-hybridized carbons (Fsp3) is 0.182. The van der Waals surface area contributed by atoms with Crippen LogP contribution in [-0.2, 0) is 4.79 Å². The maximum atomic E-state index is 10.6. The van der Waals surface area contributed by atoms with Crippen LogP contribution in [0, 0.1) is 0 Å². The predicted molar refractivity (Wildman–Crippen MR) is 101 cm³/mol. The van der Waals surface area contributed by atoms with E-state index in [0.29, 0.717) is 6.42 Å². The number of nitrogens with zero attached hydrogens (tertiary/aromatic N) is 1. The topological polar surface area (TPSA) is 50.2 Å². The predicted octanol–water partition coefficient (Wildman–Crippen LogP) is 5.31. The molecule has 0 spiro atoms. The first-order valence-corrected chi connectivity index (χ1v) is 8.55. The molecular formula is C22H21NO2. The molecule has 0 amide bonds. The van der Waals surface area contributed by atoms with Gasteiger partial charge >= 0.3 is 5.97 Å². The highest BCUT2D eigenvalue weighted by molar-refractivity contribution is 5.89. The third-order valence-corrected chi connectivity index (χ3v) is 4.23. The number of hydrogen-bond donors (Lipinski definition) is 1. The van der Waals surface area contributed by atoms with E-state index in [2.05, 4.69) is 47.5 Å². The first kappa shape index (κ1) is 16.9. The van der Waals surface area contributed by atoms with Crippen molar-refractivity contribution >= 4 is 22.3 Å². The van der Waals surface area contributed by atoms with Gasteiger partial charge in [0.2, 0.25) is 0 Å². The summed E-state index contributed by atoms with van der Waals surface area (Å²) in [6, 6.07) is 18.8. The van der Waals surface area contributed by atoms with Crippen molar-refractivity contribution in [1.82, 2.24) is 4.98 Å². The molecule has 1 heterocycles. The SMILES string of the molecule is O=C(O)CCCCC=C(c1cccnc1)c1ccc2ccccc2c1. The highest BCUT2D eigenvalue weighted by atomic mass is 16.4. The van der Waals surface area contributed by atoms with Crippen LogP contribution in [0.5, 0.6) is 0 Å². The van der Waals surface area contributed by atoms with Crippen molar-refractivity contribution in [1.29, 1.82) is 0 Å². The Bertz CT molecular complexity index is 885. The monoisotopic (exact) mass is 331 g/mol. The van der Waals surface area contributed by atoms with E-state index >= 15 is 0 Å². The molecule has 126 valence electrons. The van der Waals surface area contributed by atoms with Gasteiger partial charge in [-0.3, -0.25) is 9.78 Å². The lowest BCUT2D eigenvalue weighted by Crippen LogP contribution is -1.93. The van der Waals surface area contributed by atoms with E-state index in [1.165, 1.54) is 10.8 Å². The van der Waals surface area contributed by atoms with Crippen LogP contribution >= 0.6 is 0 Å². The van der Waals surface area contributed by atoms with Gasteiger partial charge in [0.05, 0.1) is 0 Å². The molecule has 1 N–H and O–H groups in total. The van der Waals surface area contributed by atoms with Gasteiger partial charge in [0.15, 0.2) is 0 Å². The van der Waals surface area contributed by atoms with Crippen LogP contribution in [0.3, 0.4) is 0 Å². The summed E-state index contributed by atoms with van der Waals surface area (Å²) in [6.45, 7) is 0. The van der Waals surface area contributed by atoms with Gasteiger partial charge in [-0.25, -0.2) is 0 Å². The fourth-order valence-electron chi connectivity index (χ4n) is 2.95. The Morgan fingerprint density at radius 3 is 2.56 bits per heavy atom. The largest absolute Gasteiger partial charge is 0.481 e. The average molecular weight is 331 g/mol. The molecule has 3 heteroatoms. The molecule has 0 aliphatic rings. The average Bonchev–Trinajstić information content (AvgIpc) is 2.65. The Kier molecular flexibility index (Phi) is 5.57. The Hall–Kier alpha value is -2.94. The number of carbonyl (C=O) groups is 1. The molecule has 0 fully saturated rings. The molecule has 1 aromatic heterocycles. The molecule has 2 aromatic carbocycles. The number of aromatic nitrogens is 1. The van der Waals surface area contributed by atoms with Crippen LogP contribution in [0.2, 0.25) is 0 Å². The molecule has 0 aliphatic heterocycles. The molecule has 0 bridgehead atoms.